The average molecular weight is 622 g/mol. The van der Waals surface area contributed by atoms with Crippen LogP contribution >= 0.6 is 0 Å². The van der Waals surface area contributed by atoms with E-state index < -0.39 is 24.1 Å². The van der Waals surface area contributed by atoms with Crippen molar-refractivity contribution in [3.63, 3.8) is 0 Å². The number of carbonyl (C=O) groups excluding carboxylic acids is 4. The molecule has 1 rings (SSSR count). The van der Waals surface area contributed by atoms with Crippen LogP contribution < -0.4 is 0 Å². The molecular formula is C27H43NO15. The van der Waals surface area contributed by atoms with Crippen LogP contribution in [0.25, 0.3) is 0 Å². The number of nitrogens with zero attached hydrogens (tertiary/aromatic N) is 1. The summed E-state index contributed by atoms with van der Waals surface area (Å²) in [6.45, 7) is 6.30. The van der Waals surface area contributed by atoms with Gasteiger partial charge in [0.05, 0.1) is 119 Å². The SMILES string of the molecule is O=C(CCC(=O)C(=O)O)OCCOCCOCCOCCOCCOCCOCCOCCOCCN1C(=O)C=CC1=O. The highest BCUT2D eigenvalue weighted by Gasteiger charge is 2.22. The highest BCUT2D eigenvalue weighted by Crippen LogP contribution is 2.02. The maximum absolute atomic E-state index is 11.4. The fourth-order valence-corrected chi connectivity index (χ4v) is 3.06. The Balaban J connectivity index is 1.68. The van der Waals surface area contributed by atoms with Crippen molar-refractivity contribution in [1.82, 2.24) is 4.90 Å². The van der Waals surface area contributed by atoms with Crippen molar-refractivity contribution in [2.45, 2.75) is 12.8 Å². The quantitative estimate of drug-likeness (QED) is 0.0430. The molecule has 0 saturated carbocycles. The van der Waals surface area contributed by atoms with Gasteiger partial charge in [0.15, 0.2) is 0 Å². The molecule has 0 aromatic carbocycles. The lowest BCUT2D eigenvalue weighted by molar-refractivity contribution is -0.151. The lowest BCUT2D eigenvalue weighted by Gasteiger charge is -2.13. The number of Topliss-reactive ketones (excluding diaryl/α,β-unsaturated/α-hetero) is 1. The smallest absolute Gasteiger partial charge is 0.372 e. The standard InChI is InChI=1S/C27H43NO15/c29-23(27(33)34)1-4-26(32)43-22-21-42-20-19-41-18-17-40-16-15-39-14-13-38-12-11-37-10-9-36-8-7-35-6-5-28-24(30)2-3-25(28)31/h2-3H,1,4-22H2,(H,33,34). The van der Waals surface area contributed by atoms with E-state index in [-0.39, 0.29) is 44.6 Å². The average Bonchev–Trinajstić information content (AvgIpc) is 3.31. The number of ketones is 1. The Morgan fingerprint density at radius 2 is 0.837 bits per heavy atom. The molecule has 1 aliphatic rings. The van der Waals surface area contributed by atoms with Crippen molar-refractivity contribution in [2.24, 2.45) is 0 Å². The number of rotatable bonds is 31. The molecule has 0 aromatic heterocycles. The summed E-state index contributed by atoms with van der Waals surface area (Å²) >= 11 is 0. The molecular weight excluding hydrogens is 578 g/mol. The minimum Gasteiger partial charge on any atom is -0.476 e. The Labute approximate surface area is 250 Å². The minimum atomic E-state index is -1.57. The van der Waals surface area contributed by atoms with Crippen molar-refractivity contribution < 1.29 is 71.7 Å². The lowest BCUT2D eigenvalue weighted by atomic mass is 10.2. The minimum absolute atomic E-state index is 0.00640. The first-order valence-electron chi connectivity index (χ1n) is 14.0. The van der Waals surface area contributed by atoms with Gasteiger partial charge < -0.3 is 47.7 Å². The Morgan fingerprint density at radius 3 is 1.19 bits per heavy atom. The highest BCUT2D eigenvalue weighted by molar-refractivity contribution is 6.32. The molecule has 0 aromatic rings. The molecule has 1 heterocycles. The predicted octanol–water partition coefficient (Wildman–Crippen LogP) is -0.979. The van der Waals surface area contributed by atoms with Crippen LogP contribution in [0.15, 0.2) is 12.2 Å². The molecule has 0 fully saturated rings. The molecule has 1 aliphatic heterocycles. The largest absolute Gasteiger partial charge is 0.476 e. The van der Waals surface area contributed by atoms with Crippen LogP contribution in [-0.2, 0) is 66.6 Å². The Hall–Kier alpha value is -2.83. The first kappa shape index (κ1) is 38.2. The molecule has 0 saturated heterocycles. The molecule has 43 heavy (non-hydrogen) atoms. The number of aliphatic carboxylic acids is 1. The van der Waals surface area contributed by atoms with Crippen LogP contribution in [0.4, 0.5) is 0 Å². The molecule has 0 radical (unpaired) electrons. The number of carboxylic acid groups (broad SMARTS) is 1. The first-order chi connectivity index (χ1) is 20.9. The third-order valence-electron chi connectivity index (χ3n) is 5.25. The number of carboxylic acids is 1. The second-order valence-electron chi connectivity index (χ2n) is 8.51. The molecule has 0 atom stereocenters. The molecule has 246 valence electrons. The predicted molar refractivity (Wildman–Crippen MR) is 145 cm³/mol. The summed E-state index contributed by atoms with van der Waals surface area (Å²) in [5.74, 6) is -3.90. The van der Waals surface area contributed by atoms with Crippen molar-refractivity contribution >= 4 is 29.5 Å². The van der Waals surface area contributed by atoms with Gasteiger partial charge in [-0.15, -0.1) is 0 Å². The van der Waals surface area contributed by atoms with E-state index >= 15 is 0 Å². The fraction of sp³-hybridized carbons (Fsp3) is 0.741. The van der Waals surface area contributed by atoms with Crippen molar-refractivity contribution in [2.75, 3.05) is 119 Å². The van der Waals surface area contributed by atoms with Crippen LogP contribution in [0.5, 0.6) is 0 Å². The fourth-order valence-electron chi connectivity index (χ4n) is 3.06. The summed E-state index contributed by atoms with van der Waals surface area (Å²) in [4.78, 5) is 56.4. The van der Waals surface area contributed by atoms with E-state index in [4.69, 9.17) is 47.7 Å². The Bertz CT molecular complexity index is 817. The summed E-state index contributed by atoms with van der Waals surface area (Å²) < 4.78 is 47.7. The van der Waals surface area contributed by atoms with E-state index in [1.807, 2.05) is 0 Å². The Morgan fingerprint density at radius 1 is 0.512 bits per heavy atom. The van der Waals surface area contributed by atoms with E-state index in [9.17, 15) is 24.0 Å². The third kappa shape index (κ3) is 22.4. The number of carbonyl (C=O) groups is 5. The van der Waals surface area contributed by atoms with Crippen LogP contribution in [0.2, 0.25) is 0 Å². The number of hydrogen-bond acceptors (Lipinski definition) is 14. The number of amides is 2. The van der Waals surface area contributed by atoms with Gasteiger partial charge in [-0.3, -0.25) is 24.1 Å². The Kier molecular flexibility index (Phi) is 23.8. The van der Waals surface area contributed by atoms with Crippen molar-refractivity contribution in [3.05, 3.63) is 12.2 Å². The monoisotopic (exact) mass is 621 g/mol. The second kappa shape index (κ2) is 26.8. The lowest BCUT2D eigenvalue weighted by Crippen LogP contribution is -2.33. The van der Waals surface area contributed by atoms with Crippen LogP contribution in [0, 0.1) is 0 Å². The van der Waals surface area contributed by atoms with Gasteiger partial charge in [0.1, 0.15) is 6.61 Å². The molecule has 16 nitrogen and oxygen atoms in total. The van der Waals surface area contributed by atoms with E-state index in [0.717, 1.165) is 4.90 Å². The molecule has 0 unspecified atom stereocenters. The highest BCUT2D eigenvalue weighted by atomic mass is 16.6. The van der Waals surface area contributed by atoms with Gasteiger partial charge >= 0.3 is 11.9 Å². The van der Waals surface area contributed by atoms with E-state index in [2.05, 4.69) is 0 Å². The normalized spacial score (nSPS) is 12.8. The summed E-state index contributed by atoms with van der Waals surface area (Å²) in [5, 5.41) is 8.43. The summed E-state index contributed by atoms with van der Waals surface area (Å²) in [7, 11) is 0. The number of ether oxygens (including phenoxy) is 9. The molecule has 0 bridgehead atoms. The van der Waals surface area contributed by atoms with Gasteiger partial charge in [-0.2, -0.15) is 0 Å². The van der Waals surface area contributed by atoms with Crippen LogP contribution in [0.1, 0.15) is 12.8 Å². The van der Waals surface area contributed by atoms with Crippen molar-refractivity contribution in [3.8, 4) is 0 Å². The topological polar surface area (TPSA) is 192 Å². The van der Waals surface area contributed by atoms with Crippen molar-refractivity contribution in [1.29, 1.82) is 0 Å². The number of imide groups is 1. The summed E-state index contributed by atoms with van der Waals surface area (Å²) in [6, 6.07) is 0. The van der Waals surface area contributed by atoms with Gasteiger partial charge in [-0.05, 0) is 0 Å². The first-order valence-corrected chi connectivity index (χ1v) is 14.0. The summed E-state index contributed by atoms with van der Waals surface area (Å²) in [6.07, 6.45) is 1.81. The van der Waals surface area contributed by atoms with Gasteiger partial charge in [0.2, 0.25) is 5.78 Å². The second-order valence-corrected chi connectivity index (χ2v) is 8.51. The van der Waals surface area contributed by atoms with Gasteiger partial charge in [-0.25, -0.2) is 4.79 Å². The number of hydrogen-bond donors (Lipinski definition) is 1. The molecule has 1 N–H and O–H groups in total. The molecule has 2 amide bonds. The van der Waals surface area contributed by atoms with E-state index in [1.165, 1.54) is 12.2 Å². The van der Waals surface area contributed by atoms with E-state index in [1.54, 1.807) is 0 Å². The van der Waals surface area contributed by atoms with Gasteiger partial charge in [-0.1, -0.05) is 0 Å². The third-order valence-corrected chi connectivity index (χ3v) is 5.25. The maximum atomic E-state index is 11.4. The zero-order valence-corrected chi connectivity index (χ0v) is 24.4. The van der Waals surface area contributed by atoms with Gasteiger partial charge in [0, 0.05) is 18.6 Å². The van der Waals surface area contributed by atoms with Crippen LogP contribution in [-0.4, -0.2) is 158 Å². The summed E-state index contributed by atoms with van der Waals surface area (Å²) in [5.41, 5.74) is 0. The zero-order valence-electron chi connectivity index (χ0n) is 24.4. The number of esters is 1. The van der Waals surface area contributed by atoms with E-state index in [0.29, 0.717) is 92.5 Å². The maximum Gasteiger partial charge on any atom is 0.372 e. The zero-order chi connectivity index (χ0) is 31.4. The van der Waals surface area contributed by atoms with Gasteiger partial charge in [0.25, 0.3) is 11.8 Å². The molecule has 0 aliphatic carbocycles. The van der Waals surface area contributed by atoms with Crippen LogP contribution in [0.3, 0.4) is 0 Å². The molecule has 16 heteroatoms. The molecule has 0 spiro atoms.